The van der Waals surface area contributed by atoms with Crippen LogP contribution in [0.1, 0.15) is 23.9 Å². The first-order valence-corrected chi connectivity index (χ1v) is 7.24. The van der Waals surface area contributed by atoms with Gasteiger partial charge in [0.2, 0.25) is 4.96 Å². The average Bonchev–Trinajstić information content (AvgIpc) is 3.15. The van der Waals surface area contributed by atoms with Gasteiger partial charge in [0.25, 0.3) is 0 Å². The summed E-state index contributed by atoms with van der Waals surface area (Å²) >= 11 is 1.63. The van der Waals surface area contributed by atoms with Crippen LogP contribution in [0.25, 0.3) is 16.3 Å². The molecule has 6 heteroatoms. The normalized spacial score (nSPS) is 19.3. The van der Waals surface area contributed by atoms with Crippen LogP contribution in [0.3, 0.4) is 0 Å². The van der Waals surface area contributed by atoms with Crippen molar-refractivity contribution in [2.75, 3.05) is 6.54 Å². The van der Waals surface area contributed by atoms with Crippen molar-refractivity contribution < 1.29 is 0 Å². The van der Waals surface area contributed by atoms with Crippen molar-refractivity contribution in [1.29, 1.82) is 0 Å². The van der Waals surface area contributed by atoms with Gasteiger partial charge in [-0.05, 0) is 19.4 Å². The Hall–Kier alpha value is -1.79. The summed E-state index contributed by atoms with van der Waals surface area (Å²) in [7, 11) is 0. The second kappa shape index (κ2) is 4.40. The third kappa shape index (κ3) is 1.84. The van der Waals surface area contributed by atoms with E-state index in [-0.39, 0.29) is 0 Å². The van der Waals surface area contributed by atoms with E-state index in [4.69, 9.17) is 0 Å². The van der Waals surface area contributed by atoms with Crippen LogP contribution in [0.4, 0.5) is 0 Å². The average molecular weight is 271 g/mol. The van der Waals surface area contributed by atoms with Gasteiger partial charge in [0.15, 0.2) is 5.82 Å². The van der Waals surface area contributed by atoms with Crippen molar-refractivity contribution >= 4 is 16.3 Å². The minimum atomic E-state index is 0.385. The Morgan fingerprint density at radius 2 is 2.11 bits per heavy atom. The number of fused-ring (bicyclic) bond motifs is 1. The molecule has 1 unspecified atom stereocenters. The maximum atomic E-state index is 4.68. The van der Waals surface area contributed by atoms with E-state index in [1.165, 1.54) is 6.42 Å². The first kappa shape index (κ1) is 11.1. The quantitative estimate of drug-likeness (QED) is 0.777. The lowest BCUT2D eigenvalue weighted by molar-refractivity contribution is 0.630. The summed E-state index contributed by atoms with van der Waals surface area (Å²) in [6.45, 7) is 1.08. The lowest BCUT2D eigenvalue weighted by atomic mass is 10.2. The second-order valence-corrected chi connectivity index (χ2v) is 5.66. The summed E-state index contributed by atoms with van der Waals surface area (Å²) in [5.74, 6) is 0.816. The van der Waals surface area contributed by atoms with E-state index in [0.717, 1.165) is 34.3 Å². The summed E-state index contributed by atoms with van der Waals surface area (Å²) < 4.78 is 1.86. The van der Waals surface area contributed by atoms with E-state index >= 15 is 0 Å². The molecule has 0 amide bonds. The number of rotatable bonds is 2. The van der Waals surface area contributed by atoms with E-state index in [0.29, 0.717) is 6.04 Å². The van der Waals surface area contributed by atoms with Gasteiger partial charge in [0.05, 0.1) is 6.04 Å². The summed E-state index contributed by atoms with van der Waals surface area (Å²) in [5.41, 5.74) is 1.05. The van der Waals surface area contributed by atoms with Crippen LogP contribution in [0.2, 0.25) is 0 Å². The number of aromatic nitrogens is 4. The van der Waals surface area contributed by atoms with Crippen LogP contribution in [-0.2, 0) is 0 Å². The van der Waals surface area contributed by atoms with Crippen molar-refractivity contribution in [2.24, 2.45) is 0 Å². The predicted molar refractivity (Wildman–Crippen MR) is 74.1 cm³/mol. The van der Waals surface area contributed by atoms with Crippen LogP contribution >= 0.6 is 11.3 Å². The molecule has 1 saturated heterocycles. The fraction of sp³-hybridized carbons (Fsp3) is 0.308. The Morgan fingerprint density at radius 1 is 1.21 bits per heavy atom. The second-order valence-electron chi connectivity index (χ2n) is 4.67. The van der Waals surface area contributed by atoms with Crippen LogP contribution < -0.4 is 5.32 Å². The van der Waals surface area contributed by atoms with Crippen LogP contribution in [0.15, 0.2) is 30.3 Å². The number of hydrogen-bond acceptors (Lipinski definition) is 5. The van der Waals surface area contributed by atoms with Gasteiger partial charge in [-0.1, -0.05) is 41.7 Å². The van der Waals surface area contributed by atoms with Gasteiger partial charge in [0.1, 0.15) is 5.01 Å². The summed E-state index contributed by atoms with van der Waals surface area (Å²) in [4.78, 5) is 0.863. The molecule has 1 aliphatic rings. The van der Waals surface area contributed by atoms with Crippen molar-refractivity contribution in [2.45, 2.75) is 18.9 Å². The lowest BCUT2D eigenvalue weighted by Gasteiger charge is -2.03. The van der Waals surface area contributed by atoms with Crippen LogP contribution in [0.5, 0.6) is 0 Å². The van der Waals surface area contributed by atoms with Gasteiger partial charge in [-0.25, -0.2) is 0 Å². The van der Waals surface area contributed by atoms with Crippen LogP contribution in [0, 0.1) is 0 Å². The molecule has 0 bridgehead atoms. The number of benzene rings is 1. The highest BCUT2D eigenvalue weighted by Crippen LogP contribution is 2.28. The molecule has 5 nitrogen and oxygen atoms in total. The maximum Gasteiger partial charge on any atom is 0.235 e. The molecule has 2 aromatic heterocycles. The molecular weight excluding hydrogens is 258 g/mol. The van der Waals surface area contributed by atoms with Gasteiger partial charge >= 0.3 is 0 Å². The molecule has 1 aromatic carbocycles. The smallest absolute Gasteiger partial charge is 0.235 e. The molecule has 1 fully saturated rings. The SMILES string of the molecule is c1ccc(-c2nnc3sc(C4CCCN4)nn23)cc1. The highest BCUT2D eigenvalue weighted by atomic mass is 32.1. The fourth-order valence-electron chi connectivity index (χ4n) is 2.44. The molecule has 0 radical (unpaired) electrons. The minimum absolute atomic E-state index is 0.385. The Balaban J connectivity index is 1.80. The zero-order chi connectivity index (χ0) is 12.7. The summed E-state index contributed by atoms with van der Waals surface area (Å²) in [6, 6.07) is 10.4. The molecule has 3 aromatic rings. The molecule has 3 heterocycles. The molecular formula is C13H13N5S. The van der Waals surface area contributed by atoms with E-state index in [1.807, 2.05) is 34.8 Å². The first-order chi connectivity index (χ1) is 9.42. The van der Waals surface area contributed by atoms with E-state index < -0.39 is 0 Å². The predicted octanol–water partition coefficient (Wildman–Crippen LogP) is 2.28. The molecule has 19 heavy (non-hydrogen) atoms. The summed E-state index contributed by atoms with van der Waals surface area (Å²) in [6.07, 6.45) is 2.38. The van der Waals surface area contributed by atoms with Gasteiger partial charge in [0, 0.05) is 5.56 Å². The van der Waals surface area contributed by atoms with Crippen molar-refractivity contribution in [3.63, 3.8) is 0 Å². The lowest BCUT2D eigenvalue weighted by Crippen LogP contribution is -2.12. The highest BCUT2D eigenvalue weighted by molar-refractivity contribution is 7.16. The molecule has 4 rings (SSSR count). The number of nitrogens with zero attached hydrogens (tertiary/aromatic N) is 4. The zero-order valence-corrected chi connectivity index (χ0v) is 11.1. The molecule has 96 valence electrons. The summed E-state index contributed by atoms with van der Waals surface area (Å²) in [5, 5.41) is 17.7. The largest absolute Gasteiger partial charge is 0.308 e. The monoisotopic (exact) mass is 271 g/mol. The van der Waals surface area contributed by atoms with Crippen molar-refractivity contribution in [3.8, 4) is 11.4 Å². The minimum Gasteiger partial charge on any atom is -0.308 e. The third-order valence-corrected chi connectivity index (χ3v) is 4.41. The highest BCUT2D eigenvalue weighted by Gasteiger charge is 2.22. The first-order valence-electron chi connectivity index (χ1n) is 6.43. The molecule has 0 spiro atoms. The van der Waals surface area contributed by atoms with E-state index in [2.05, 4.69) is 20.6 Å². The molecule has 0 aliphatic carbocycles. The van der Waals surface area contributed by atoms with Gasteiger partial charge in [-0.3, -0.25) is 0 Å². The molecule has 0 saturated carbocycles. The number of nitrogens with one attached hydrogen (secondary N) is 1. The Labute approximate surface area is 114 Å². The molecule has 1 N–H and O–H groups in total. The Bertz CT molecular complexity index is 696. The standard InChI is InChI=1S/C13H13N5S/c1-2-5-9(6-3-1)11-15-16-13-18(11)17-12(19-13)10-7-4-8-14-10/h1-3,5-6,10,14H,4,7-8H2. The van der Waals surface area contributed by atoms with Crippen LogP contribution in [-0.4, -0.2) is 26.4 Å². The Kier molecular flexibility index (Phi) is 2.56. The van der Waals surface area contributed by atoms with Gasteiger partial charge < -0.3 is 5.32 Å². The van der Waals surface area contributed by atoms with Crippen molar-refractivity contribution in [3.05, 3.63) is 35.3 Å². The van der Waals surface area contributed by atoms with Gasteiger partial charge in [-0.15, -0.1) is 10.2 Å². The fourth-order valence-corrected chi connectivity index (χ4v) is 3.38. The van der Waals surface area contributed by atoms with Crippen molar-refractivity contribution in [1.82, 2.24) is 25.1 Å². The van der Waals surface area contributed by atoms with Gasteiger partial charge in [-0.2, -0.15) is 9.61 Å². The molecule has 1 atom stereocenters. The third-order valence-electron chi connectivity index (χ3n) is 3.40. The number of hydrogen-bond donors (Lipinski definition) is 1. The zero-order valence-electron chi connectivity index (χ0n) is 10.3. The Morgan fingerprint density at radius 3 is 2.89 bits per heavy atom. The van der Waals surface area contributed by atoms with E-state index in [9.17, 15) is 0 Å². The van der Waals surface area contributed by atoms with E-state index in [1.54, 1.807) is 11.3 Å². The molecule has 1 aliphatic heterocycles. The maximum absolute atomic E-state index is 4.68. The topological polar surface area (TPSA) is 55.1 Å².